The predicted molar refractivity (Wildman–Crippen MR) is 84.3 cm³/mol. The lowest BCUT2D eigenvalue weighted by Gasteiger charge is -2.18. The van der Waals surface area contributed by atoms with Crippen molar-refractivity contribution in [2.75, 3.05) is 13.2 Å². The molecule has 1 rings (SSSR count). The molecule has 0 radical (unpaired) electrons. The summed E-state index contributed by atoms with van der Waals surface area (Å²) in [7, 11) is 0. The van der Waals surface area contributed by atoms with Crippen LogP contribution in [0.2, 0.25) is 0 Å². The number of esters is 2. The normalized spacial score (nSPS) is 11.9. The molecule has 0 unspecified atom stereocenters. The Bertz CT molecular complexity index is 549. The molecule has 0 saturated carbocycles. The molecule has 2 N–H and O–H groups in total. The minimum Gasteiger partial charge on any atom is -0.459 e. The molecule has 0 saturated heterocycles. The fraction of sp³-hybridized carbons (Fsp3) is 0.412. The van der Waals surface area contributed by atoms with Crippen molar-refractivity contribution in [3.05, 3.63) is 47.2 Å². The second-order valence-corrected chi connectivity index (χ2v) is 6.02. The number of carbonyl (C=O) groups is 2. The van der Waals surface area contributed by atoms with Gasteiger partial charge in [-0.25, -0.2) is 9.59 Å². The standard InChI is InChI=1S/C17H23NO4/c1-12(18)11-15(19)21-9-10-22-16(20)13-5-7-14(8-6-13)17(2,3)4/h5-8,11H,9-10,18H2,1-4H3/b12-11-. The summed E-state index contributed by atoms with van der Waals surface area (Å²) in [4.78, 5) is 23.0. The number of hydrogen-bond acceptors (Lipinski definition) is 5. The molecule has 1 aromatic rings. The highest BCUT2D eigenvalue weighted by molar-refractivity contribution is 5.89. The number of allylic oxidation sites excluding steroid dienone is 1. The number of rotatable bonds is 5. The molecular formula is C17H23NO4. The van der Waals surface area contributed by atoms with Crippen molar-refractivity contribution in [3.63, 3.8) is 0 Å². The summed E-state index contributed by atoms with van der Waals surface area (Å²) in [5.74, 6) is -0.993. The molecule has 0 fully saturated rings. The highest BCUT2D eigenvalue weighted by Gasteiger charge is 2.14. The lowest BCUT2D eigenvalue weighted by atomic mass is 9.87. The minimum absolute atomic E-state index is 0.00303. The third-order valence-corrected chi connectivity index (χ3v) is 2.89. The number of ether oxygens (including phenoxy) is 2. The SMILES string of the molecule is C/C(N)=C/C(=O)OCCOC(=O)c1ccc(C(C)(C)C)cc1. The zero-order valence-electron chi connectivity index (χ0n) is 13.5. The molecule has 0 aliphatic rings. The molecule has 0 aliphatic carbocycles. The Morgan fingerprint density at radius 2 is 1.64 bits per heavy atom. The second kappa shape index (κ2) is 7.64. The van der Waals surface area contributed by atoms with E-state index in [0.29, 0.717) is 11.3 Å². The van der Waals surface area contributed by atoms with Crippen molar-refractivity contribution in [1.29, 1.82) is 0 Å². The summed E-state index contributed by atoms with van der Waals surface area (Å²) in [6.07, 6.45) is 1.17. The smallest absolute Gasteiger partial charge is 0.338 e. The molecule has 5 heteroatoms. The predicted octanol–water partition coefficient (Wildman–Crippen LogP) is 2.55. The van der Waals surface area contributed by atoms with Crippen LogP contribution in [0.3, 0.4) is 0 Å². The molecule has 0 aliphatic heterocycles. The Morgan fingerprint density at radius 3 is 2.14 bits per heavy atom. The molecule has 0 spiro atoms. The van der Waals surface area contributed by atoms with Crippen molar-refractivity contribution >= 4 is 11.9 Å². The summed E-state index contributed by atoms with van der Waals surface area (Å²) in [5.41, 5.74) is 7.34. The van der Waals surface area contributed by atoms with Gasteiger partial charge in [0.05, 0.1) is 5.56 Å². The third kappa shape index (κ3) is 5.99. The van der Waals surface area contributed by atoms with Gasteiger partial charge in [-0.2, -0.15) is 0 Å². The molecule has 120 valence electrons. The van der Waals surface area contributed by atoms with Crippen LogP contribution >= 0.6 is 0 Å². The van der Waals surface area contributed by atoms with E-state index in [1.807, 2.05) is 12.1 Å². The van der Waals surface area contributed by atoms with Gasteiger partial charge in [0, 0.05) is 11.8 Å². The molecule has 0 heterocycles. The van der Waals surface area contributed by atoms with Gasteiger partial charge in [-0.1, -0.05) is 32.9 Å². The number of hydrogen-bond donors (Lipinski definition) is 1. The van der Waals surface area contributed by atoms with Crippen molar-refractivity contribution in [3.8, 4) is 0 Å². The van der Waals surface area contributed by atoms with Crippen LogP contribution in [-0.4, -0.2) is 25.2 Å². The van der Waals surface area contributed by atoms with Crippen molar-refractivity contribution < 1.29 is 19.1 Å². The molecule has 22 heavy (non-hydrogen) atoms. The first-order valence-corrected chi connectivity index (χ1v) is 7.08. The Balaban J connectivity index is 2.43. The Kier molecular flexibility index (Phi) is 6.16. The monoisotopic (exact) mass is 305 g/mol. The first kappa shape index (κ1) is 17.8. The lowest BCUT2D eigenvalue weighted by molar-refractivity contribution is -0.138. The van der Waals surface area contributed by atoms with Gasteiger partial charge in [0.25, 0.3) is 0 Å². The average molecular weight is 305 g/mol. The van der Waals surface area contributed by atoms with Crippen LogP contribution in [-0.2, 0) is 19.7 Å². The average Bonchev–Trinajstić information content (AvgIpc) is 2.42. The van der Waals surface area contributed by atoms with E-state index >= 15 is 0 Å². The maximum Gasteiger partial charge on any atom is 0.338 e. The van der Waals surface area contributed by atoms with E-state index in [-0.39, 0.29) is 18.6 Å². The van der Waals surface area contributed by atoms with Crippen LogP contribution in [0.5, 0.6) is 0 Å². The quantitative estimate of drug-likeness (QED) is 0.514. The van der Waals surface area contributed by atoms with E-state index in [1.54, 1.807) is 19.1 Å². The Morgan fingerprint density at radius 1 is 1.09 bits per heavy atom. The summed E-state index contributed by atoms with van der Waals surface area (Å²) in [6, 6.07) is 7.28. The summed E-state index contributed by atoms with van der Waals surface area (Å²) >= 11 is 0. The van der Waals surface area contributed by atoms with Crippen LogP contribution in [0.25, 0.3) is 0 Å². The van der Waals surface area contributed by atoms with Crippen molar-refractivity contribution in [2.24, 2.45) is 5.73 Å². The number of carbonyl (C=O) groups excluding carboxylic acids is 2. The molecule has 0 bridgehead atoms. The van der Waals surface area contributed by atoms with Gasteiger partial charge < -0.3 is 15.2 Å². The van der Waals surface area contributed by atoms with Gasteiger partial charge in [-0.15, -0.1) is 0 Å². The number of nitrogens with two attached hydrogens (primary N) is 1. The summed E-state index contributed by atoms with van der Waals surface area (Å²) < 4.78 is 9.87. The van der Waals surface area contributed by atoms with E-state index in [0.717, 1.165) is 5.56 Å². The van der Waals surface area contributed by atoms with Gasteiger partial charge in [-0.05, 0) is 30.0 Å². The van der Waals surface area contributed by atoms with E-state index in [4.69, 9.17) is 15.2 Å². The largest absolute Gasteiger partial charge is 0.459 e. The first-order valence-electron chi connectivity index (χ1n) is 7.08. The molecule has 0 aromatic heterocycles. The fourth-order valence-electron chi connectivity index (χ4n) is 1.69. The van der Waals surface area contributed by atoms with Crippen molar-refractivity contribution in [2.45, 2.75) is 33.1 Å². The van der Waals surface area contributed by atoms with Crippen LogP contribution in [0.4, 0.5) is 0 Å². The van der Waals surface area contributed by atoms with Crippen LogP contribution in [0, 0.1) is 0 Å². The topological polar surface area (TPSA) is 78.6 Å². The van der Waals surface area contributed by atoms with E-state index in [9.17, 15) is 9.59 Å². The molecule has 5 nitrogen and oxygen atoms in total. The molecule has 0 atom stereocenters. The van der Waals surface area contributed by atoms with E-state index < -0.39 is 11.9 Å². The summed E-state index contributed by atoms with van der Waals surface area (Å²) in [5, 5.41) is 0. The Labute approximate surface area is 131 Å². The van der Waals surface area contributed by atoms with E-state index in [1.165, 1.54) is 6.08 Å². The van der Waals surface area contributed by atoms with E-state index in [2.05, 4.69) is 20.8 Å². The second-order valence-electron chi connectivity index (χ2n) is 6.02. The number of benzene rings is 1. The van der Waals surface area contributed by atoms with Crippen LogP contribution in [0.15, 0.2) is 36.0 Å². The van der Waals surface area contributed by atoms with Gasteiger partial charge >= 0.3 is 11.9 Å². The Hall–Kier alpha value is -2.30. The van der Waals surface area contributed by atoms with Crippen LogP contribution < -0.4 is 5.73 Å². The maximum atomic E-state index is 11.8. The van der Waals surface area contributed by atoms with Gasteiger partial charge in [0.1, 0.15) is 13.2 Å². The van der Waals surface area contributed by atoms with Crippen molar-refractivity contribution in [1.82, 2.24) is 0 Å². The minimum atomic E-state index is -0.550. The highest BCUT2D eigenvalue weighted by Crippen LogP contribution is 2.22. The maximum absolute atomic E-state index is 11.8. The third-order valence-electron chi connectivity index (χ3n) is 2.89. The summed E-state index contributed by atoms with van der Waals surface area (Å²) in [6.45, 7) is 7.89. The molecular weight excluding hydrogens is 282 g/mol. The van der Waals surface area contributed by atoms with Gasteiger partial charge in [0.15, 0.2) is 0 Å². The molecule has 1 aromatic carbocycles. The fourth-order valence-corrected chi connectivity index (χ4v) is 1.69. The van der Waals surface area contributed by atoms with Gasteiger partial charge in [-0.3, -0.25) is 0 Å². The zero-order valence-corrected chi connectivity index (χ0v) is 13.5. The van der Waals surface area contributed by atoms with Crippen LogP contribution in [0.1, 0.15) is 43.6 Å². The zero-order chi connectivity index (χ0) is 16.8. The molecule has 0 amide bonds. The highest BCUT2D eigenvalue weighted by atomic mass is 16.6. The first-order chi connectivity index (χ1) is 10.2. The van der Waals surface area contributed by atoms with Gasteiger partial charge in [0.2, 0.25) is 0 Å². The lowest BCUT2D eigenvalue weighted by Crippen LogP contribution is -2.14.